The van der Waals surface area contributed by atoms with Gasteiger partial charge in [0.15, 0.2) is 6.61 Å². The third-order valence-electron chi connectivity index (χ3n) is 3.20. The highest BCUT2D eigenvalue weighted by molar-refractivity contribution is 5.96. The van der Waals surface area contributed by atoms with E-state index in [-0.39, 0.29) is 12.1 Å². The number of amides is 2. The quantitative estimate of drug-likeness (QED) is 0.744. The first-order chi connectivity index (χ1) is 12.0. The number of halogens is 1. The number of rotatable bonds is 7. The number of ether oxygens (including phenoxy) is 1. The molecule has 2 rings (SSSR count). The van der Waals surface area contributed by atoms with Crippen molar-refractivity contribution in [1.29, 1.82) is 0 Å². The Morgan fingerprint density at radius 2 is 1.60 bits per heavy atom. The average molecular weight is 344 g/mol. The zero-order valence-corrected chi connectivity index (χ0v) is 13.3. The van der Waals surface area contributed by atoms with Crippen molar-refractivity contribution in [2.45, 2.75) is 6.54 Å². The van der Waals surface area contributed by atoms with Gasteiger partial charge < -0.3 is 15.4 Å². The van der Waals surface area contributed by atoms with Gasteiger partial charge in [-0.15, -0.1) is 0 Å². The maximum Gasteiger partial charge on any atom is 0.325 e. The molecule has 0 heterocycles. The van der Waals surface area contributed by atoms with Crippen LogP contribution in [-0.2, 0) is 20.9 Å². The van der Waals surface area contributed by atoms with E-state index < -0.39 is 30.2 Å². The molecular weight excluding hydrogens is 327 g/mol. The fourth-order valence-corrected chi connectivity index (χ4v) is 1.90. The van der Waals surface area contributed by atoms with Gasteiger partial charge in [0, 0.05) is 12.1 Å². The van der Waals surface area contributed by atoms with Crippen LogP contribution < -0.4 is 10.6 Å². The van der Waals surface area contributed by atoms with Gasteiger partial charge in [0.1, 0.15) is 12.4 Å². The van der Waals surface area contributed by atoms with Crippen molar-refractivity contribution in [3.63, 3.8) is 0 Å². The molecule has 0 aliphatic carbocycles. The third kappa shape index (κ3) is 6.42. The van der Waals surface area contributed by atoms with Crippen molar-refractivity contribution in [3.05, 3.63) is 71.5 Å². The minimum Gasteiger partial charge on any atom is -0.454 e. The average Bonchev–Trinajstić information content (AvgIpc) is 2.64. The Morgan fingerprint density at radius 1 is 0.920 bits per heavy atom. The summed E-state index contributed by atoms with van der Waals surface area (Å²) in [7, 11) is 0. The highest BCUT2D eigenvalue weighted by Crippen LogP contribution is 2.02. The van der Waals surface area contributed by atoms with Crippen molar-refractivity contribution in [1.82, 2.24) is 10.6 Å². The second-order valence-corrected chi connectivity index (χ2v) is 5.11. The van der Waals surface area contributed by atoms with Gasteiger partial charge in [-0.1, -0.05) is 30.3 Å². The van der Waals surface area contributed by atoms with Gasteiger partial charge in [-0.05, 0) is 29.8 Å². The SMILES string of the molecule is O=C(COC(=O)CNC(=O)c1ccc(F)cc1)NCc1ccccc1. The van der Waals surface area contributed by atoms with E-state index in [0.717, 1.165) is 17.7 Å². The highest BCUT2D eigenvalue weighted by atomic mass is 19.1. The van der Waals surface area contributed by atoms with Crippen molar-refractivity contribution in [2.24, 2.45) is 0 Å². The molecule has 2 amide bonds. The van der Waals surface area contributed by atoms with Crippen LogP contribution in [0.4, 0.5) is 4.39 Å². The normalized spacial score (nSPS) is 9.96. The summed E-state index contributed by atoms with van der Waals surface area (Å²) in [5, 5.41) is 4.94. The van der Waals surface area contributed by atoms with E-state index in [1.807, 2.05) is 30.3 Å². The lowest BCUT2D eigenvalue weighted by Crippen LogP contribution is -2.33. The fraction of sp³-hybridized carbons (Fsp3) is 0.167. The van der Waals surface area contributed by atoms with E-state index in [2.05, 4.69) is 10.6 Å². The lowest BCUT2D eigenvalue weighted by atomic mass is 10.2. The van der Waals surface area contributed by atoms with Gasteiger partial charge in [-0.25, -0.2) is 4.39 Å². The first kappa shape index (κ1) is 18.1. The number of esters is 1. The molecule has 0 aromatic heterocycles. The van der Waals surface area contributed by atoms with Crippen molar-refractivity contribution in [3.8, 4) is 0 Å². The molecule has 0 saturated carbocycles. The van der Waals surface area contributed by atoms with Crippen LogP contribution in [0.15, 0.2) is 54.6 Å². The third-order valence-corrected chi connectivity index (χ3v) is 3.20. The summed E-state index contributed by atoms with van der Waals surface area (Å²) in [6.07, 6.45) is 0. The zero-order valence-electron chi connectivity index (χ0n) is 13.3. The molecule has 2 N–H and O–H groups in total. The molecule has 2 aromatic carbocycles. The largest absolute Gasteiger partial charge is 0.454 e. The van der Waals surface area contributed by atoms with Gasteiger partial charge >= 0.3 is 5.97 Å². The summed E-state index contributed by atoms with van der Waals surface area (Å²) < 4.78 is 17.5. The monoisotopic (exact) mass is 344 g/mol. The standard InChI is InChI=1S/C18H17FN2O4/c19-15-8-6-14(7-9-15)18(24)21-11-17(23)25-12-16(22)20-10-13-4-2-1-3-5-13/h1-9H,10-12H2,(H,20,22)(H,21,24). The van der Waals surface area contributed by atoms with Crippen LogP contribution in [0.3, 0.4) is 0 Å². The number of benzene rings is 2. The maximum atomic E-state index is 12.8. The molecule has 130 valence electrons. The first-order valence-electron chi connectivity index (χ1n) is 7.54. The van der Waals surface area contributed by atoms with Crippen LogP contribution in [-0.4, -0.2) is 30.9 Å². The fourth-order valence-electron chi connectivity index (χ4n) is 1.90. The predicted octanol–water partition coefficient (Wildman–Crippen LogP) is 1.42. The molecule has 0 unspecified atom stereocenters. The van der Waals surface area contributed by atoms with Crippen molar-refractivity contribution >= 4 is 17.8 Å². The minimum absolute atomic E-state index is 0.217. The Bertz CT molecular complexity index is 733. The summed E-state index contributed by atoms with van der Waals surface area (Å²) in [5.41, 5.74) is 1.14. The van der Waals surface area contributed by atoms with Crippen molar-refractivity contribution < 1.29 is 23.5 Å². The van der Waals surface area contributed by atoms with E-state index in [9.17, 15) is 18.8 Å². The molecule has 0 bridgehead atoms. The maximum absolute atomic E-state index is 12.8. The van der Waals surface area contributed by atoms with Crippen LogP contribution >= 0.6 is 0 Å². The lowest BCUT2D eigenvalue weighted by molar-refractivity contribution is -0.147. The Kier molecular flexibility index (Phi) is 6.65. The lowest BCUT2D eigenvalue weighted by Gasteiger charge is -2.08. The molecule has 25 heavy (non-hydrogen) atoms. The molecule has 6 nitrogen and oxygen atoms in total. The second-order valence-electron chi connectivity index (χ2n) is 5.11. The van der Waals surface area contributed by atoms with Gasteiger partial charge in [0.2, 0.25) is 0 Å². The number of hydrogen-bond donors (Lipinski definition) is 2. The molecule has 0 fully saturated rings. The summed E-state index contributed by atoms with van der Waals surface area (Å²) in [5.74, 6) is -2.18. The molecular formula is C18H17FN2O4. The van der Waals surface area contributed by atoms with E-state index in [1.165, 1.54) is 12.1 Å². The molecule has 2 aromatic rings. The first-order valence-corrected chi connectivity index (χ1v) is 7.54. The Morgan fingerprint density at radius 3 is 2.28 bits per heavy atom. The highest BCUT2D eigenvalue weighted by Gasteiger charge is 2.10. The van der Waals surface area contributed by atoms with Gasteiger partial charge in [-0.2, -0.15) is 0 Å². The van der Waals surface area contributed by atoms with Gasteiger partial charge in [0.25, 0.3) is 11.8 Å². The number of carbonyl (C=O) groups is 3. The van der Waals surface area contributed by atoms with E-state index in [4.69, 9.17) is 4.74 Å². The van der Waals surface area contributed by atoms with E-state index >= 15 is 0 Å². The van der Waals surface area contributed by atoms with Crippen LogP contribution in [0.5, 0.6) is 0 Å². The van der Waals surface area contributed by atoms with E-state index in [0.29, 0.717) is 6.54 Å². The summed E-state index contributed by atoms with van der Waals surface area (Å²) >= 11 is 0. The molecule has 0 aliphatic rings. The Balaban J connectivity index is 1.65. The topological polar surface area (TPSA) is 84.5 Å². The minimum atomic E-state index is -0.745. The van der Waals surface area contributed by atoms with Crippen molar-refractivity contribution in [2.75, 3.05) is 13.2 Å². The molecule has 0 spiro atoms. The summed E-state index contributed by atoms with van der Waals surface area (Å²) in [4.78, 5) is 34.9. The van der Waals surface area contributed by atoms with Gasteiger partial charge in [0.05, 0.1) is 0 Å². The molecule has 0 radical (unpaired) electrons. The Labute approximate surface area is 144 Å². The van der Waals surface area contributed by atoms with Gasteiger partial charge in [-0.3, -0.25) is 14.4 Å². The molecule has 0 aliphatic heterocycles. The Hall–Kier alpha value is -3.22. The molecule has 7 heteroatoms. The smallest absolute Gasteiger partial charge is 0.325 e. The predicted molar refractivity (Wildman–Crippen MR) is 88.0 cm³/mol. The van der Waals surface area contributed by atoms with Crippen LogP contribution in [0.2, 0.25) is 0 Å². The second kappa shape index (κ2) is 9.17. The van der Waals surface area contributed by atoms with Crippen LogP contribution in [0.1, 0.15) is 15.9 Å². The number of hydrogen-bond acceptors (Lipinski definition) is 4. The summed E-state index contributed by atoms with van der Waals surface area (Å²) in [6.45, 7) is -0.487. The van der Waals surface area contributed by atoms with E-state index in [1.54, 1.807) is 0 Å². The zero-order chi connectivity index (χ0) is 18.1. The molecule has 0 saturated heterocycles. The summed E-state index contributed by atoms with van der Waals surface area (Å²) in [6, 6.07) is 14.2. The number of carbonyl (C=O) groups excluding carboxylic acids is 3. The van der Waals surface area contributed by atoms with Crippen LogP contribution in [0, 0.1) is 5.82 Å². The number of nitrogens with one attached hydrogen (secondary N) is 2. The van der Waals surface area contributed by atoms with Crippen LogP contribution in [0.25, 0.3) is 0 Å². The molecule has 0 atom stereocenters.